The van der Waals surface area contributed by atoms with Crippen molar-refractivity contribution in [2.24, 2.45) is 0 Å². The molecule has 1 saturated carbocycles. The summed E-state index contributed by atoms with van der Waals surface area (Å²) in [6, 6.07) is 10.6. The lowest BCUT2D eigenvalue weighted by Gasteiger charge is -2.10. The van der Waals surface area contributed by atoms with E-state index in [1.165, 1.54) is 19.8 Å². The fourth-order valence-corrected chi connectivity index (χ4v) is 2.84. The number of carbonyl (C=O) groups excluding carboxylic acids is 2. The van der Waals surface area contributed by atoms with Crippen molar-refractivity contribution in [3.8, 4) is 5.75 Å². The van der Waals surface area contributed by atoms with Crippen LogP contribution in [0.5, 0.6) is 5.75 Å². The zero-order chi connectivity index (χ0) is 16.9. The highest BCUT2D eigenvalue weighted by atomic mass is 16.5. The molecule has 5 nitrogen and oxygen atoms in total. The lowest BCUT2D eigenvalue weighted by atomic mass is 10.1. The van der Waals surface area contributed by atoms with Crippen molar-refractivity contribution in [2.75, 3.05) is 0 Å². The van der Waals surface area contributed by atoms with Crippen molar-refractivity contribution in [3.63, 3.8) is 0 Å². The van der Waals surface area contributed by atoms with Crippen LogP contribution in [0.25, 0.3) is 0 Å². The Balaban J connectivity index is 1.53. The molecule has 1 heterocycles. The third kappa shape index (κ3) is 4.04. The first-order valence-corrected chi connectivity index (χ1v) is 8.25. The quantitative estimate of drug-likeness (QED) is 0.821. The number of hydrogen-bond acceptors (Lipinski definition) is 4. The van der Waals surface area contributed by atoms with E-state index in [0.717, 1.165) is 12.8 Å². The Hall–Kier alpha value is -2.56. The Morgan fingerprint density at radius 1 is 1.12 bits per heavy atom. The fourth-order valence-electron chi connectivity index (χ4n) is 2.84. The van der Waals surface area contributed by atoms with Crippen LogP contribution in [0, 0.1) is 0 Å². The summed E-state index contributed by atoms with van der Waals surface area (Å²) >= 11 is 0. The van der Waals surface area contributed by atoms with Gasteiger partial charge in [0.15, 0.2) is 11.5 Å². The van der Waals surface area contributed by atoms with Gasteiger partial charge in [0.25, 0.3) is 5.91 Å². The summed E-state index contributed by atoms with van der Waals surface area (Å²) in [6.45, 7) is 1.76. The summed E-state index contributed by atoms with van der Waals surface area (Å²) in [5, 5.41) is 2.99. The van der Waals surface area contributed by atoms with Gasteiger partial charge in [0, 0.05) is 11.6 Å². The number of rotatable bonds is 6. The Morgan fingerprint density at radius 2 is 1.83 bits per heavy atom. The van der Waals surface area contributed by atoms with Gasteiger partial charge in [0.2, 0.25) is 0 Å². The van der Waals surface area contributed by atoms with Gasteiger partial charge in [-0.3, -0.25) is 9.59 Å². The second-order valence-electron chi connectivity index (χ2n) is 6.09. The molecule has 0 spiro atoms. The second kappa shape index (κ2) is 7.34. The summed E-state index contributed by atoms with van der Waals surface area (Å²) in [6.07, 6.45) is 4.42. The van der Waals surface area contributed by atoms with E-state index in [0.29, 0.717) is 22.8 Å². The second-order valence-corrected chi connectivity index (χ2v) is 6.09. The van der Waals surface area contributed by atoms with Crippen LogP contribution in [-0.4, -0.2) is 17.7 Å². The Morgan fingerprint density at radius 3 is 2.50 bits per heavy atom. The highest BCUT2D eigenvalue weighted by Crippen LogP contribution is 2.19. The Kier molecular flexibility index (Phi) is 4.99. The highest BCUT2D eigenvalue weighted by Gasteiger charge is 2.19. The molecule has 2 aromatic rings. The van der Waals surface area contributed by atoms with Crippen LogP contribution in [0.3, 0.4) is 0 Å². The van der Waals surface area contributed by atoms with Crippen LogP contribution in [0.4, 0.5) is 0 Å². The lowest BCUT2D eigenvalue weighted by molar-refractivity contribution is 0.0905. The van der Waals surface area contributed by atoms with Gasteiger partial charge in [-0.2, -0.15) is 0 Å². The predicted molar refractivity (Wildman–Crippen MR) is 89.2 cm³/mol. The molecule has 1 amide bonds. The molecular weight excluding hydrogens is 306 g/mol. The van der Waals surface area contributed by atoms with E-state index in [1.807, 2.05) is 0 Å². The van der Waals surface area contributed by atoms with E-state index in [4.69, 9.17) is 9.15 Å². The number of furan rings is 1. The van der Waals surface area contributed by atoms with E-state index in [-0.39, 0.29) is 24.3 Å². The van der Waals surface area contributed by atoms with E-state index >= 15 is 0 Å². The number of benzene rings is 1. The van der Waals surface area contributed by atoms with Crippen LogP contribution in [0.1, 0.15) is 59.3 Å². The van der Waals surface area contributed by atoms with Crippen molar-refractivity contribution >= 4 is 11.7 Å². The first-order chi connectivity index (χ1) is 11.6. The number of Topliss-reactive ketones (excluding diaryl/α,β-unsaturated/α-hetero) is 1. The third-order valence-electron chi connectivity index (χ3n) is 4.22. The molecule has 0 atom stereocenters. The van der Waals surface area contributed by atoms with Crippen LogP contribution in [0.15, 0.2) is 40.8 Å². The first-order valence-electron chi connectivity index (χ1n) is 8.25. The van der Waals surface area contributed by atoms with E-state index in [9.17, 15) is 9.59 Å². The average Bonchev–Trinajstić information content (AvgIpc) is 3.25. The third-order valence-corrected chi connectivity index (χ3v) is 4.22. The minimum atomic E-state index is -0.168. The maximum atomic E-state index is 12.1. The molecule has 3 rings (SSSR count). The predicted octanol–water partition coefficient (Wildman–Crippen LogP) is 3.73. The molecule has 5 heteroatoms. The van der Waals surface area contributed by atoms with Crippen molar-refractivity contribution in [2.45, 2.75) is 45.3 Å². The summed E-state index contributed by atoms with van der Waals surface area (Å²) < 4.78 is 11.2. The molecule has 0 bridgehead atoms. The van der Waals surface area contributed by atoms with Crippen LogP contribution in [0.2, 0.25) is 0 Å². The van der Waals surface area contributed by atoms with Crippen molar-refractivity contribution < 1.29 is 18.7 Å². The number of nitrogens with one attached hydrogen (secondary N) is 1. The molecule has 1 aliphatic rings. The Labute approximate surface area is 141 Å². The molecule has 0 unspecified atom stereocenters. The van der Waals surface area contributed by atoms with Crippen molar-refractivity contribution in [1.29, 1.82) is 0 Å². The zero-order valence-electron chi connectivity index (χ0n) is 13.7. The van der Waals surface area contributed by atoms with Crippen molar-refractivity contribution in [3.05, 3.63) is 53.5 Å². The van der Waals surface area contributed by atoms with Gasteiger partial charge >= 0.3 is 0 Å². The van der Waals surface area contributed by atoms with Crippen LogP contribution >= 0.6 is 0 Å². The smallest absolute Gasteiger partial charge is 0.287 e. The summed E-state index contributed by atoms with van der Waals surface area (Å²) in [4.78, 5) is 23.3. The van der Waals surface area contributed by atoms with E-state index in [2.05, 4.69) is 5.32 Å². The number of hydrogen-bond donors (Lipinski definition) is 1. The van der Waals surface area contributed by atoms with Gasteiger partial charge in [-0.05, 0) is 56.2 Å². The summed E-state index contributed by atoms with van der Waals surface area (Å²) in [5.74, 6) is 1.40. The normalized spacial score (nSPS) is 14.5. The van der Waals surface area contributed by atoms with Gasteiger partial charge in [0.1, 0.15) is 18.1 Å². The molecule has 0 aliphatic heterocycles. The minimum absolute atomic E-state index is 0.0190. The Bertz CT molecular complexity index is 711. The summed E-state index contributed by atoms with van der Waals surface area (Å²) in [5.41, 5.74) is 0.645. The topological polar surface area (TPSA) is 68.5 Å². The maximum Gasteiger partial charge on any atom is 0.287 e. The SMILES string of the molecule is CC(=O)c1ccc(OCc2ccc(C(=O)NC3CCCC3)o2)cc1. The average molecular weight is 327 g/mol. The van der Waals surface area contributed by atoms with Crippen molar-refractivity contribution in [1.82, 2.24) is 5.32 Å². The molecule has 1 aromatic heterocycles. The molecule has 1 aliphatic carbocycles. The number of carbonyl (C=O) groups is 2. The molecule has 0 saturated heterocycles. The van der Waals surface area contributed by atoms with E-state index < -0.39 is 0 Å². The van der Waals surface area contributed by atoms with E-state index in [1.54, 1.807) is 36.4 Å². The molecule has 24 heavy (non-hydrogen) atoms. The van der Waals surface area contributed by atoms with Crippen LogP contribution in [-0.2, 0) is 6.61 Å². The standard InChI is InChI=1S/C19H21NO4/c1-13(21)14-6-8-16(9-7-14)23-12-17-10-11-18(24-17)19(22)20-15-4-2-3-5-15/h6-11,15H,2-5,12H2,1H3,(H,20,22). The highest BCUT2D eigenvalue weighted by molar-refractivity contribution is 5.94. The minimum Gasteiger partial charge on any atom is -0.486 e. The number of ether oxygens (including phenoxy) is 1. The number of amides is 1. The lowest BCUT2D eigenvalue weighted by Crippen LogP contribution is -2.32. The molecule has 1 fully saturated rings. The zero-order valence-corrected chi connectivity index (χ0v) is 13.7. The maximum absolute atomic E-state index is 12.1. The molecule has 1 aromatic carbocycles. The molecular formula is C19H21NO4. The molecule has 126 valence electrons. The van der Waals surface area contributed by atoms with Gasteiger partial charge in [-0.15, -0.1) is 0 Å². The van der Waals surface area contributed by atoms with Gasteiger partial charge in [0.05, 0.1) is 0 Å². The number of ketones is 1. The molecule has 0 radical (unpaired) electrons. The monoisotopic (exact) mass is 327 g/mol. The molecule has 1 N–H and O–H groups in total. The van der Waals surface area contributed by atoms with Gasteiger partial charge in [-0.25, -0.2) is 0 Å². The summed E-state index contributed by atoms with van der Waals surface area (Å²) in [7, 11) is 0. The fraction of sp³-hybridized carbons (Fsp3) is 0.368. The van der Waals surface area contributed by atoms with Crippen LogP contribution < -0.4 is 10.1 Å². The van der Waals surface area contributed by atoms with Gasteiger partial charge < -0.3 is 14.5 Å². The first kappa shape index (κ1) is 16.3. The van der Waals surface area contributed by atoms with Gasteiger partial charge in [-0.1, -0.05) is 12.8 Å². The largest absolute Gasteiger partial charge is 0.486 e.